The Hall–Kier alpha value is -3.16. The summed E-state index contributed by atoms with van der Waals surface area (Å²) < 4.78 is 4.71. The number of hydrogen-bond acceptors (Lipinski definition) is 5. The van der Waals surface area contributed by atoms with Gasteiger partial charge in [-0.2, -0.15) is 0 Å². The number of rotatable bonds is 3. The zero-order chi connectivity index (χ0) is 15.7. The number of benzene rings is 1. The molecule has 3 rings (SSSR count). The van der Waals surface area contributed by atoms with Crippen molar-refractivity contribution in [3.05, 3.63) is 36.1 Å². The third-order valence-electron chi connectivity index (χ3n) is 3.23. The first-order chi connectivity index (χ1) is 10.6. The van der Waals surface area contributed by atoms with Crippen molar-refractivity contribution < 1.29 is 24.0 Å². The molecule has 2 heterocycles. The topological polar surface area (TPSA) is 113 Å². The van der Waals surface area contributed by atoms with Gasteiger partial charge in [0, 0.05) is 30.4 Å². The minimum absolute atomic E-state index is 0.270. The first kappa shape index (κ1) is 13.8. The molecule has 2 amide bonds. The van der Waals surface area contributed by atoms with Gasteiger partial charge in [-0.3, -0.25) is 9.59 Å². The number of amides is 2. The van der Waals surface area contributed by atoms with Crippen molar-refractivity contribution in [2.45, 2.75) is 0 Å². The summed E-state index contributed by atoms with van der Waals surface area (Å²) in [4.78, 5) is 35.5. The summed E-state index contributed by atoms with van der Waals surface area (Å²) in [6.45, 7) is 0.745. The van der Waals surface area contributed by atoms with Crippen LogP contribution in [-0.2, 0) is 9.59 Å². The number of carbonyl (C=O) groups excluding carboxylic acids is 2. The molecule has 1 aliphatic rings. The van der Waals surface area contributed by atoms with E-state index in [0.717, 1.165) is 0 Å². The van der Waals surface area contributed by atoms with Crippen LogP contribution in [0.25, 0.3) is 11.3 Å². The van der Waals surface area contributed by atoms with Gasteiger partial charge in [0.1, 0.15) is 5.69 Å². The van der Waals surface area contributed by atoms with Crippen LogP contribution in [0.15, 0.2) is 34.9 Å². The fourth-order valence-corrected chi connectivity index (χ4v) is 2.17. The molecule has 2 aromatic rings. The van der Waals surface area contributed by atoms with Crippen LogP contribution in [0.4, 0.5) is 5.69 Å². The molecule has 2 N–H and O–H groups in total. The minimum Gasteiger partial charge on any atom is -0.475 e. The maximum Gasteiger partial charge on any atom is 0.374 e. The molecule has 0 radical (unpaired) electrons. The summed E-state index contributed by atoms with van der Waals surface area (Å²) in [6.07, 6.45) is 0. The van der Waals surface area contributed by atoms with Crippen LogP contribution in [0.2, 0.25) is 0 Å². The Morgan fingerprint density at radius 2 is 2.14 bits per heavy atom. The lowest BCUT2D eigenvalue weighted by atomic mass is 10.1. The van der Waals surface area contributed by atoms with E-state index < -0.39 is 17.8 Å². The third kappa shape index (κ3) is 2.41. The monoisotopic (exact) mass is 301 g/mol. The van der Waals surface area contributed by atoms with Gasteiger partial charge in [0.2, 0.25) is 5.76 Å². The minimum atomic E-state index is -1.21. The second-order valence-electron chi connectivity index (χ2n) is 4.64. The van der Waals surface area contributed by atoms with E-state index in [1.54, 1.807) is 24.3 Å². The highest BCUT2D eigenvalue weighted by atomic mass is 16.5. The standard InChI is InChI=1S/C14H11N3O5/c18-12-13(19)17(5-4-15-12)9-3-1-2-8(6-9)10-7-11(14(20)21)22-16-10/h1-3,6-7H,4-5H2,(H,15,18)(H,20,21). The van der Waals surface area contributed by atoms with Crippen LogP contribution in [0.5, 0.6) is 0 Å². The zero-order valence-corrected chi connectivity index (χ0v) is 11.3. The number of carboxylic acid groups (broad SMARTS) is 1. The predicted octanol–water partition coefficient (Wildman–Crippen LogP) is 0.503. The Morgan fingerprint density at radius 1 is 1.32 bits per heavy atom. The Labute approximate surface area is 124 Å². The van der Waals surface area contributed by atoms with Crippen LogP contribution in [0.1, 0.15) is 10.6 Å². The molecule has 22 heavy (non-hydrogen) atoms. The van der Waals surface area contributed by atoms with E-state index in [4.69, 9.17) is 9.63 Å². The number of piperazine rings is 1. The first-order valence-corrected chi connectivity index (χ1v) is 6.46. The molecule has 0 atom stereocenters. The number of anilines is 1. The summed E-state index contributed by atoms with van der Waals surface area (Å²) in [5.41, 5.74) is 1.47. The molecule has 0 spiro atoms. The van der Waals surface area contributed by atoms with E-state index in [1.807, 2.05) is 0 Å². The largest absolute Gasteiger partial charge is 0.475 e. The number of nitrogens with one attached hydrogen (secondary N) is 1. The van der Waals surface area contributed by atoms with Crippen LogP contribution >= 0.6 is 0 Å². The number of hydrogen-bond donors (Lipinski definition) is 2. The normalized spacial score (nSPS) is 14.8. The maximum absolute atomic E-state index is 11.9. The van der Waals surface area contributed by atoms with Crippen molar-refractivity contribution in [3.63, 3.8) is 0 Å². The number of carbonyl (C=O) groups is 3. The van der Waals surface area contributed by atoms with Crippen LogP contribution in [0, 0.1) is 0 Å². The van der Waals surface area contributed by atoms with Gasteiger partial charge in [-0.25, -0.2) is 4.79 Å². The highest BCUT2D eigenvalue weighted by molar-refractivity contribution is 6.41. The molecule has 1 aromatic carbocycles. The van der Waals surface area contributed by atoms with Gasteiger partial charge in [-0.15, -0.1) is 0 Å². The third-order valence-corrected chi connectivity index (χ3v) is 3.23. The van der Waals surface area contributed by atoms with E-state index in [1.165, 1.54) is 11.0 Å². The number of nitrogens with zero attached hydrogens (tertiary/aromatic N) is 2. The fourth-order valence-electron chi connectivity index (χ4n) is 2.17. The van der Waals surface area contributed by atoms with Crippen molar-refractivity contribution >= 4 is 23.5 Å². The SMILES string of the molecule is O=C1NCCN(c2cccc(-c3cc(C(=O)O)on3)c2)C1=O. The van der Waals surface area contributed by atoms with E-state index >= 15 is 0 Å². The second-order valence-corrected chi connectivity index (χ2v) is 4.64. The lowest BCUT2D eigenvalue weighted by Gasteiger charge is -2.26. The Kier molecular flexibility index (Phi) is 3.34. The van der Waals surface area contributed by atoms with Gasteiger partial charge < -0.3 is 19.8 Å². The highest BCUT2D eigenvalue weighted by Gasteiger charge is 2.27. The Bertz CT molecular complexity index is 767. The lowest BCUT2D eigenvalue weighted by molar-refractivity contribution is -0.138. The molecule has 0 saturated carbocycles. The van der Waals surface area contributed by atoms with Gasteiger partial charge in [-0.1, -0.05) is 17.3 Å². The number of aromatic carboxylic acids is 1. The molecule has 0 bridgehead atoms. The smallest absolute Gasteiger partial charge is 0.374 e. The van der Waals surface area contributed by atoms with Crippen molar-refractivity contribution in [2.75, 3.05) is 18.0 Å². The number of carboxylic acids is 1. The van der Waals surface area contributed by atoms with Gasteiger partial charge in [-0.05, 0) is 12.1 Å². The average Bonchev–Trinajstić information content (AvgIpc) is 3.00. The molecule has 112 valence electrons. The lowest BCUT2D eigenvalue weighted by Crippen LogP contribution is -2.52. The van der Waals surface area contributed by atoms with Crippen molar-refractivity contribution in [1.29, 1.82) is 0 Å². The molecule has 8 heteroatoms. The quantitative estimate of drug-likeness (QED) is 0.798. The fraction of sp³-hybridized carbons (Fsp3) is 0.143. The first-order valence-electron chi connectivity index (χ1n) is 6.46. The summed E-state index contributed by atoms with van der Waals surface area (Å²) in [6, 6.07) is 8.05. The molecule has 0 unspecified atom stereocenters. The maximum atomic E-state index is 11.9. The van der Waals surface area contributed by atoms with Gasteiger partial charge >= 0.3 is 17.8 Å². The van der Waals surface area contributed by atoms with Gasteiger partial charge in [0.15, 0.2) is 0 Å². The summed E-state index contributed by atoms with van der Waals surface area (Å²) >= 11 is 0. The van der Waals surface area contributed by atoms with E-state index in [9.17, 15) is 14.4 Å². The summed E-state index contributed by atoms with van der Waals surface area (Å²) in [5, 5.41) is 15.0. The van der Waals surface area contributed by atoms with E-state index in [2.05, 4.69) is 10.5 Å². The predicted molar refractivity (Wildman–Crippen MR) is 74.3 cm³/mol. The molecule has 8 nitrogen and oxygen atoms in total. The summed E-state index contributed by atoms with van der Waals surface area (Å²) in [5.74, 6) is -2.76. The average molecular weight is 301 g/mol. The van der Waals surface area contributed by atoms with Gasteiger partial charge in [0.05, 0.1) is 0 Å². The van der Waals surface area contributed by atoms with Crippen LogP contribution in [0.3, 0.4) is 0 Å². The molecule has 1 aromatic heterocycles. The zero-order valence-electron chi connectivity index (χ0n) is 11.3. The van der Waals surface area contributed by atoms with Crippen molar-refractivity contribution in [1.82, 2.24) is 10.5 Å². The molecule has 1 aliphatic heterocycles. The van der Waals surface area contributed by atoms with Crippen LogP contribution < -0.4 is 10.2 Å². The molecule has 1 fully saturated rings. The summed E-state index contributed by atoms with van der Waals surface area (Å²) in [7, 11) is 0. The van der Waals surface area contributed by atoms with E-state index in [-0.39, 0.29) is 5.76 Å². The Morgan fingerprint density at radius 3 is 2.86 bits per heavy atom. The molecular weight excluding hydrogens is 290 g/mol. The molecule has 0 aliphatic carbocycles. The Balaban J connectivity index is 1.93. The van der Waals surface area contributed by atoms with Crippen LogP contribution in [-0.4, -0.2) is 41.1 Å². The van der Waals surface area contributed by atoms with E-state index in [0.29, 0.717) is 30.0 Å². The number of aromatic nitrogens is 1. The second kappa shape index (κ2) is 5.32. The highest BCUT2D eigenvalue weighted by Crippen LogP contribution is 2.25. The van der Waals surface area contributed by atoms with Gasteiger partial charge in [0.25, 0.3) is 0 Å². The van der Waals surface area contributed by atoms with Crippen molar-refractivity contribution in [3.8, 4) is 11.3 Å². The molecular formula is C14H11N3O5. The van der Waals surface area contributed by atoms with Crippen molar-refractivity contribution in [2.24, 2.45) is 0 Å². The molecule has 1 saturated heterocycles.